The molecule has 16 heavy (non-hydrogen) atoms. The lowest BCUT2D eigenvalue weighted by Gasteiger charge is -2.03. The Labute approximate surface area is 96.7 Å². The van der Waals surface area contributed by atoms with Crippen LogP contribution in [0.4, 0.5) is 0 Å². The molecule has 0 bridgehead atoms. The molecule has 0 aliphatic rings. The molecule has 2 aromatic heterocycles. The summed E-state index contributed by atoms with van der Waals surface area (Å²) in [4.78, 5) is 4.84. The molecule has 9 heteroatoms. The number of aromatic nitrogens is 3. The zero-order valence-electron chi connectivity index (χ0n) is 8.54. The van der Waals surface area contributed by atoms with Gasteiger partial charge in [-0.05, 0) is 0 Å². The summed E-state index contributed by atoms with van der Waals surface area (Å²) in [6, 6.07) is 0. The maximum Gasteiger partial charge on any atom is 0.276 e. The predicted molar refractivity (Wildman–Crippen MR) is 60.6 cm³/mol. The maximum atomic E-state index is 11.1. The highest BCUT2D eigenvalue weighted by molar-refractivity contribution is 7.87. The summed E-state index contributed by atoms with van der Waals surface area (Å²) in [5.41, 5.74) is 0.941. The van der Waals surface area contributed by atoms with E-state index in [4.69, 9.17) is 0 Å². The molecule has 0 saturated carbocycles. The van der Waals surface area contributed by atoms with Crippen molar-refractivity contribution >= 4 is 26.5 Å². The largest absolute Gasteiger partial charge is 0.276 e. The molecule has 0 aliphatic carbocycles. The first kappa shape index (κ1) is 11.5. The second kappa shape index (κ2) is 4.45. The summed E-state index contributed by atoms with van der Waals surface area (Å²) in [5.74, 6) is 0. The zero-order valence-corrected chi connectivity index (χ0v) is 10.2. The average Bonchev–Trinajstić information content (AvgIpc) is 2.82. The van der Waals surface area contributed by atoms with Crippen LogP contribution in [0.1, 0.15) is 5.69 Å². The van der Waals surface area contributed by atoms with Crippen molar-refractivity contribution in [3.63, 3.8) is 0 Å². The minimum Gasteiger partial charge on any atom is -0.208 e. The van der Waals surface area contributed by atoms with E-state index in [0.29, 0.717) is 13.0 Å². The van der Waals surface area contributed by atoms with Gasteiger partial charge in [-0.15, -0.1) is 11.3 Å². The van der Waals surface area contributed by atoms with Crippen LogP contribution in [-0.2, 0) is 16.6 Å². The highest BCUT2D eigenvalue weighted by Gasteiger charge is 2.08. The van der Waals surface area contributed by atoms with E-state index in [1.54, 1.807) is 4.52 Å². The number of thiazole rings is 1. The van der Waals surface area contributed by atoms with Crippen LogP contribution in [0.15, 0.2) is 11.7 Å². The predicted octanol–water partition coefficient (Wildman–Crippen LogP) is -0.613. The fourth-order valence-electron chi connectivity index (χ4n) is 1.23. The van der Waals surface area contributed by atoms with Crippen molar-refractivity contribution in [2.45, 2.75) is 6.42 Å². The van der Waals surface area contributed by atoms with Crippen LogP contribution >= 0.6 is 11.3 Å². The van der Waals surface area contributed by atoms with Gasteiger partial charge in [0.15, 0.2) is 0 Å². The van der Waals surface area contributed by atoms with E-state index in [9.17, 15) is 8.42 Å². The molecule has 0 fully saturated rings. The van der Waals surface area contributed by atoms with Crippen LogP contribution in [0.2, 0.25) is 0 Å². The highest BCUT2D eigenvalue weighted by atomic mass is 32.2. The van der Waals surface area contributed by atoms with Crippen LogP contribution in [0.5, 0.6) is 0 Å². The quantitative estimate of drug-likeness (QED) is 0.751. The van der Waals surface area contributed by atoms with E-state index < -0.39 is 10.2 Å². The first-order valence-electron chi connectivity index (χ1n) is 4.56. The molecule has 2 N–H and O–H groups in total. The van der Waals surface area contributed by atoms with E-state index in [1.807, 2.05) is 5.38 Å². The monoisotopic (exact) mass is 261 g/mol. The lowest BCUT2D eigenvalue weighted by molar-refractivity contribution is 0.572. The Morgan fingerprint density at radius 2 is 2.38 bits per heavy atom. The van der Waals surface area contributed by atoms with Crippen molar-refractivity contribution < 1.29 is 8.42 Å². The van der Waals surface area contributed by atoms with E-state index in [-0.39, 0.29) is 0 Å². The molecule has 2 aromatic rings. The van der Waals surface area contributed by atoms with Crippen LogP contribution in [-0.4, -0.2) is 36.6 Å². The van der Waals surface area contributed by atoms with Gasteiger partial charge in [0.1, 0.15) is 6.33 Å². The van der Waals surface area contributed by atoms with Crippen molar-refractivity contribution in [1.29, 1.82) is 0 Å². The lowest BCUT2D eigenvalue weighted by Crippen LogP contribution is -2.35. The van der Waals surface area contributed by atoms with Crippen LogP contribution in [0.25, 0.3) is 4.96 Å². The second-order valence-electron chi connectivity index (χ2n) is 3.03. The topological polar surface area (TPSA) is 88.4 Å². The van der Waals surface area contributed by atoms with Gasteiger partial charge in [0.25, 0.3) is 10.2 Å². The molecule has 0 atom stereocenters. The Morgan fingerprint density at radius 3 is 3.12 bits per heavy atom. The molecule has 0 aliphatic heterocycles. The van der Waals surface area contributed by atoms with Crippen molar-refractivity contribution in [2.75, 3.05) is 13.6 Å². The molecular weight excluding hydrogens is 250 g/mol. The Balaban J connectivity index is 1.99. The number of nitrogens with one attached hydrogen (secondary N) is 2. The SMILES string of the molecule is CNS(=O)(=O)NCCc1csc2ncnn12. The van der Waals surface area contributed by atoms with E-state index in [1.165, 1.54) is 24.7 Å². The summed E-state index contributed by atoms with van der Waals surface area (Å²) in [6.45, 7) is 0.328. The first-order valence-corrected chi connectivity index (χ1v) is 6.93. The molecule has 0 radical (unpaired) electrons. The summed E-state index contributed by atoms with van der Waals surface area (Å²) >= 11 is 1.48. The second-order valence-corrected chi connectivity index (χ2v) is 5.57. The van der Waals surface area contributed by atoms with Gasteiger partial charge in [0.05, 0.1) is 5.69 Å². The Hall–Kier alpha value is -1.03. The molecule has 0 aromatic carbocycles. The van der Waals surface area contributed by atoms with E-state index in [0.717, 1.165) is 10.7 Å². The van der Waals surface area contributed by atoms with Crippen LogP contribution < -0.4 is 9.44 Å². The van der Waals surface area contributed by atoms with Gasteiger partial charge in [-0.2, -0.15) is 13.5 Å². The Bertz CT molecular complexity index is 572. The smallest absolute Gasteiger partial charge is 0.208 e. The molecule has 0 unspecified atom stereocenters. The lowest BCUT2D eigenvalue weighted by atomic mass is 10.3. The van der Waals surface area contributed by atoms with Gasteiger partial charge in [-0.1, -0.05) is 0 Å². The average molecular weight is 261 g/mol. The molecule has 0 saturated heterocycles. The zero-order chi connectivity index (χ0) is 11.6. The van der Waals surface area contributed by atoms with Gasteiger partial charge in [0, 0.05) is 25.4 Å². The van der Waals surface area contributed by atoms with Gasteiger partial charge in [0.2, 0.25) is 4.96 Å². The fourth-order valence-corrected chi connectivity index (χ4v) is 2.58. The van der Waals surface area contributed by atoms with E-state index >= 15 is 0 Å². The summed E-state index contributed by atoms with van der Waals surface area (Å²) in [7, 11) is -1.99. The van der Waals surface area contributed by atoms with Crippen LogP contribution in [0, 0.1) is 0 Å². The fraction of sp³-hybridized carbons (Fsp3) is 0.429. The number of hydrogen-bond donors (Lipinski definition) is 2. The Kier molecular flexibility index (Phi) is 3.19. The first-order chi connectivity index (χ1) is 7.62. The molecule has 7 nitrogen and oxygen atoms in total. The van der Waals surface area contributed by atoms with Gasteiger partial charge in [-0.25, -0.2) is 18.9 Å². The third-order valence-corrected chi connectivity index (χ3v) is 4.03. The third-order valence-electron chi connectivity index (χ3n) is 2.03. The maximum absolute atomic E-state index is 11.1. The molecule has 2 rings (SSSR count). The molecule has 88 valence electrons. The third kappa shape index (κ3) is 2.38. The van der Waals surface area contributed by atoms with Gasteiger partial charge < -0.3 is 0 Å². The molecule has 0 spiro atoms. The molecule has 2 heterocycles. The summed E-state index contributed by atoms with van der Waals surface area (Å²) < 4.78 is 28.5. The van der Waals surface area contributed by atoms with Crippen molar-refractivity contribution in [3.8, 4) is 0 Å². The summed E-state index contributed by atoms with van der Waals surface area (Å²) in [6.07, 6.45) is 2.05. The minimum absolute atomic E-state index is 0.328. The Morgan fingerprint density at radius 1 is 1.56 bits per heavy atom. The number of nitrogens with zero attached hydrogens (tertiary/aromatic N) is 3. The molecule has 0 amide bonds. The molecular formula is C7H11N5O2S2. The van der Waals surface area contributed by atoms with Crippen LogP contribution in [0.3, 0.4) is 0 Å². The standard InChI is InChI=1S/C7H11N5O2S2/c1-8-16(13,14)11-3-2-6-4-15-7-9-5-10-12(6)7/h4-5,8,11H,2-3H2,1H3. The van der Waals surface area contributed by atoms with Gasteiger partial charge in [-0.3, -0.25) is 0 Å². The summed E-state index contributed by atoms with van der Waals surface area (Å²) in [5, 5.41) is 5.96. The number of rotatable bonds is 5. The van der Waals surface area contributed by atoms with Crippen molar-refractivity contribution in [2.24, 2.45) is 0 Å². The number of hydrogen-bond acceptors (Lipinski definition) is 5. The highest BCUT2D eigenvalue weighted by Crippen LogP contribution is 2.12. The number of fused-ring (bicyclic) bond motifs is 1. The minimum atomic E-state index is -3.35. The van der Waals surface area contributed by atoms with Crippen molar-refractivity contribution in [3.05, 3.63) is 17.4 Å². The van der Waals surface area contributed by atoms with Gasteiger partial charge >= 0.3 is 0 Å². The van der Waals surface area contributed by atoms with Crippen molar-refractivity contribution in [1.82, 2.24) is 24.0 Å². The normalized spacial score (nSPS) is 12.3. The van der Waals surface area contributed by atoms with E-state index in [2.05, 4.69) is 19.5 Å².